The molecule has 6 heteroatoms. The number of rotatable bonds is 2. The summed E-state index contributed by atoms with van der Waals surface area (Å²) >= 11 is 2.96. The smallest absolute Gasteiger partial charge is 0.235 e. The maximum Gasteiger partial charge on any atom is 0.235 e. The molecule has 1 saturated carbocycles. The van der Waals surface area contributed by atoms with E-state index in [4.69, 9.17) is 0 Å². The van der Waals surface area contributed by atoms with E-state index < -0.39 is 22.9 Å². The van der Waals surface area contributed by atoms with Gasteiger partial charge in [0.05, 0.1) is 10.0 Å². The minimum atomic E-state index is -1.19. The van der Waals surface area contributed by atoms with Crippen molar-refractivity contribution in [1.82, 2.24) is 0 Å². The van der Waals surface area contributed by atoms with Gasteiger partial charge < -0.3 is 5.11 Å². The van der Waals surface area contributed by atoms with Crippen LogP contribution in [-0.4, -0.2) is 11.2 Å². The SMILES string of the molecule is O=C=NC1(c2c(O)c(Br)cc(F)c2F)CCCC1. The lowest BCUT2D eigenvalue weighted by atomic mass is 9.87. The van der Waals surface area contributed by atoms with Crippen molar-refractivity contribution < 1.29 is 18.7 Å². The molecule has 0 heterocycles. The van der Waals surface area contributed by atoms with E-state index >= 15 is 0 Å². The van der Waals surface area contributed by atoms with E-state index in [1.54, 1.807) is 0 Å². The summed E-state index contributed by atoms with van der Waals surface area (Å²) in [5, 5.41) is 9.91. The molecule has 0 saturated heterocycles. The Morgan fingerprint density at radius 2 is 2.00 bits per heavy atom. The summed E-state index contributed by atoms with van der Waals surface area (Å²) in [5.41, 5.74) is -1.45. The van der Waals surface area contributed by atoms with Crippen LogP contribution < -0.4 is 0 Å². The molecule has 1 aromatic rings. The predicted octanol–water partition coefficient (Wildman–Crippen LogP) is 3.54. The fraction of sp³-hybridized carbons (Fsp3) is 0.417. The number of benzene rings is 1. The van der Waals surface area contributed by atoms with Crippen molar-refractivity contribution in [2.45, 2.75) is 31.2 Å². The second-order valence-electron chi connectivity index (χ2n) is 4.32. The third-order valence-electron chi connectivity index (χ3n) is 3.30. The maximum absolute atomic E-state index is 13.9. The maximum atomic E-state index is 13.9. The molecule has 0 aliphatic heterocycles. The van der Waals surface area contributed by atoms with E-state index in [9.17, 15) is 18.7 Å². The first-order valence-electron chi connectivity index (χ1n) is 5.48. The van der Waals surface area contributed by atoms with Crippen LogP contribution >= 0.6 is 15.9 Å². The molecule has 0 radical (unpaired) electrons. The van der Waals surface area contributed by atoms with Gasteiger partial charge in [-0.15, -0.1) is 0 Å². The molecule has 1 aliphatic rings. The summed E-state index contributed by atoms with van der Waals surface area (Å²) in [4.78, 5) is 14.2. The number of isocyanates is 1. The molecule has 0 aromatic heterocycles. The number of nitrogens with zero attached hydrogens (tertiary/aromatic N) is 1. The number of halogens is 3. The minimum absolute atomic E-state index is 0.0452. The van der Waals surface area contributed by atoms with Gasteiger partial charge in [0.15, 0.2) is 11.6 Å². The average Bonchev–Trinajstić information content (AvgIpc) is 2.77. The third-order valence-corrected chi connectivity index (χ3v) is 3.91. The zero-order chi connectivity index (χ0) is 13.3. The Hall–Kier alpha value is -1.26. The molecule has 96 valence electrons. The van der Waals surface area contributed by atoms with E-state index in [-0.39, 0.29) is 10.0 Å². The Kier molecular flexibility index (Phi) is 3.50. The molecule has 0 atom stereocenters. The molecule has 18 heavy (non-hydrogen) atoms. The third kappa shape index (κ3) is 1.95. The van der Waals surface area contributed by atoms with Gasteiger partial charge in [-0.3, -0.25) is 0 Å². The van der Waals surface area contributed by atoms with Crippen LogP contribution in [0.5, 0.6) is 5.75 Å². The van der Waals surface area contributed by atoms with Crippen LogP contribution in [0, 0.1) is 11.6 Å². The topological polar surface area (TPSA) is 49.7 Å². The molecule has 0 unspecified atom stereocenters. The van der Waals surface area contributed by atoms with E-state index in [2.05, 4.69) is 20.9 Å². The highest BCUT2D eigenvalue weighted by atomic mass is 79.9. The molecular formula is C12H10BrF2NO2. The molecular weight excluding hydrogens is 308 g/mol. The monoisotopic (exact) mass is 317 g/mol. The molecule has 0 amide bonds. The fourth-order valence-corrected chi connectivity index (χ4v) is 2.87. The van der Waals surface area contributed by atoms with E-state index in [1.807, 2.05) is 0 Å². The lowest BCUT2D eigenvalue weighted by molar-refractivity contribution is 0.373. The Morgan fingerprint density at radius 1 is 1.39 bits per heavy atom. The van der Waals surface area contributed by atoms with Gasteiger partial charge >= 0.3 is 0 Å². The summed E-state index contributed by atoms with van der Waals surface area (Å²) in [6.07, 6.45) is 3.65. The minimum Gasteiger partial charge on any atom is -0.506 e. The highest BCUT2D eigenvalue weighted by molar-refractivity contribution is 9.10. The number of aliphatic imine (C=N–C) groups is 1. The van der Waals surface area contributed by atoms with Gasteiger partial charge in [0.2, 0.25) is 6.08 Å². The number of aromatic hydroxyl groups is 1. The van der Waals surface area contributed by atoms with Crippen LogP contribution in [0.1, 0.15) is 31.2 Å². The lowest BCUT2D eigenvalue weighted by Gasteiger charge is -2.24. The molecule has 0 bridgehead atoms. The van der Waals surface area contributed by atoms with Gasteiger partial charge in [0.1, 0.15) is 11.3 Å². The van der Waals surface area contributed by atoms with Gasteiger partial charge in [-0.1, -0.05) is 12.8 Å². The highest BCUT2D eigenvalue weighted by Gasteiger charge is 2.41. The number of phenols is 1. The van der Waals surface area contributed by atoms with Crippen LogP contribution in [0.4, 0.5) is 8.78 Å². The van der Waals surface area contributed by atoms with Crippen LogP contribution in [0.3, 0.4) is 0 Å². The molecule has 1 aromatic carbocycles. The van der Waals surface area contributed by atoms with Gasteiger partial charge in [-0.05, 0) is 34.8 Å². The first-order chi connectivity index (χ1) is 8.52. The first-order valence-corrected chi connectivity index (χ1v) is 6.27. The number of hydrogen-bond acceptors (Lipinski definition) is 3. The van der Waals surface area contributed by atoms with Crippen LogP contribution in [0.25, 0.3) is 0 Å². The molecule has 3 nitrogen and oxygen atoms in total. The molecule has 2 rings (SSSR count). The summed E-state index contributed by atoms with van der Waals surface area (Å²) in [6.45, 7) is 0. The highest BCUT2D eigenvalue weighted by Crippen LogP contribution is 2.48. The van der Waals surface area contributed by atoms with Crippen LogP contribution in [0.2, 0.25) is 0 Å². The summed E-state index contributed by atoms with van der Waals surface area (Å²) < 4.78 is 27.4. The zero-order valence-corrected chi connectivity index (χ0v) is 10.9. The summed E-state index contributed by atoms with van der Waals surface area (Å²) in [7, 11) is 0. The van der Waals surface area contributed by atoms with Gasteiger partial charge in [0, 0.05) is 0 Å². The molecule has 1 fully saturated rings. The van der Waals surface area contributed by atoms with E-state index in [0.29, 0.717) is 12.8 Å². The zero-order valence-electron chi connectivity index (χ0n) is 9.34. The second kappa shape index (κ2) is 4.78. The summed E-state index contributed by atoms with van der Waals surface area (Å²) in [5.74, 6) is -2.64. The average molecular weight is 318 g/mol. The summed E-state index contributed by atoms with van der Waals surface area (Å²) in [6, 6.07) is 0.849. The lowest BCUT2D eigenvalue weighted by Crippen LogP contribution is -2.22. The largest absolute Gasteiger partial charge is 0.506 e. The number of hydrogen-bond donors (Lipinski definition) is 1. The van der Waals surface area contributed by atoms with Crippen molar-refractivity contribution in [3.8, 4) is 5.75 Å². The molecule has 0 spiro atoms. The van der Waals surface area contributed by atoms with Crippen molar-refractivity contribution in [2.24, 2.45) is 4.99 Å². The van der Waals surface area contributed by atoms with Crippen molar-refractivity contribution >= 4 is 22.0 Å². The van der Waals surface area contributed by atoms with Crippen molar-refractivity contribution in [1.29, 1.82) is 0 Å². The molecule has 1 aliphatic carbocycles. The Balaban J connectivity index is 2.72. The molecule has 1 N–H and O–H groups in total. The Labute approximate surface area is 111 Å². The van der Waals surface area contributed by atoms with Crippen molar-refractivity contribution in [3.63, 3.8) is 0 Å². The Morgan fingerprint density at radius 3 is 2.56 bits per heavy atom. The van der Waals surface area contributed by atoms with E-state index in [0.717, 1.165) is 18.9 Å². The standard InChI is InChI=1S/C12H10BrF2NO2/c13-7-5-8(14)10(15)9(11(7)18)12(16-6-17)3-1-2-4-12/h5,18H,1-4H2. The second-order valence-corrected chi connectivity index (χ2v) is 5.17. The van der Waals surface area contributed by atoms with Crippen molar-refractivity contribution in [2.75, 3.05) is 0 Å². The Bertz CT molecular complexity index is 509. The first kappa shape index (κ1) is 13.2. The van der Waals surface area contributed by atoms with Crippen LogP contribution in [0.15, 0.2) is 15.5 Å². The quantitative estimate of drug-likeness (QED) is 0.515. The number of phenolic OH excluding ortho intramolecular Hbond substituents is 1. The fourth-order valence-electron chi connectivity index (χ4n) is 2.48. The van der Waals surface area contributed by atoms with Gasteiger partial charge in [-0.25, -0.2) is 13.6 Å². The van der Waals surface area contributed by atoms with Crippen molar-refractivity contribution in [3.05, 3.63) is 27.7 Å². The van der Waals surface area contributed by atoms with Gasteiger partial charge in [-0.2, -0.15) is 4.99 Å². The van der Waals surface area contributed by atoms with Gasteiger partial charge in [0.25, 0.3) is 0 Å². The van der Waals surface area contributed by atoms with E-state index in [1.165, 1.54) is 6.08 Å². The number of carbonyl (C=O) groups excluding carboxylic acids is 1. The van der Waals surface area contributed by atoms with Crippen LogP contribution in [-0.2, 0) is 10.3 Å². The normalized spacial score (nSPS) is 17.5. The predicted molar refractivity (Wildman–Crippen MR) is 64.0 cm³/mol.